The molecule has 1 aliphatic heterocycles. The number of amides is 1. The summed E-state index contributed by atoms with van der Waals surface area (Å²) in [6, 6.07) is 14.8. The van der Waals surface area contributed by atoms with Crippen molar-refractivity contribution in [3.63, 3.8) is 0 Å². The molecular weight excluding hydrogens is 440 g/mol. The summed E-state index contributed by atoms with van der Waals surface area (Å²) in [6.45, 7) is 7.56. The maximum atomic E-state index is 13.3. The van der Waals surface area contributed by atoms with Gasteiger partial charge >= 0.3 is 0 Å². The van der Waals surface area contributed by atoms with Crippen LogP contribution in [0.15, 0.2) is 57.8 Å². The molecule has 1 saturated heterocycles. The summed E-state index contributed by atoms with van der Waals surface area (Å²) in [6.07, 6.45) is 0. The molecule has 0 spiro atoms. The monoisotopic (exact) mass is 468 g/mol. The summed E-state index contributed by atoms with van der Waals surface area (Å²) in [7, 11) is -3.74. The molecule has 1 aromatic heterocycles. The number of anilines is 1. The zero-order valence-electron chi connectivity index (χ0n) is 19.0. The smallest absolute Gasteiger partial charge is 0.245 e. The Balaban J connectivity index is 1.45. The molecule has 1 N–H and O–H groups in total. The van der Waals surface area contributed by atoms with E-state index >= 15 is 0 Å². The fraction of sp³-hybridized carbons (Fsp3) is 0.333. The molecule has 9 heteroatoms. The van der Waals surface area contributed by atoms with E-state index in [-0.39, 0.29) is 10.8 Å². The van der Waals surface area contributed by atoms with E-state index in [1.807, 2.05) is 44.2 Å². The molecule has 0 unspecified atom stereocenters. The average molecular weight is 469 g/mol. The van der Waals surface area contributed by atoms with Gasteiger partial charge < -0.3 is 9.73 Å². The molecule has 3 aromatic rings. The van der Waals surface area contributed by atoms with E-state index < -0.39 is 10.0 Å². The second-order valence-electron chi connectivity index (χ2n) is 8.25. The Bertz CT molecular complexity index is 1250. The van der Waals surface area contributed by atoms with Crippen LogP contribution in [0.4, 0.5) is 5.69 Å². The molecule has 0 radical (unpaired) electrons. The van der Waals surface area contributed by atoms with Crippen LogP contribution < -0.4 is 5.32 Å². The van der Waals surface area contributed by atoms with Crippen molar-refractivity contribution >= 4 is 21.6 Å². The highest BCUT2D eigenvalue weighted by atomic mass is 32.2. The Morgan fingerprint density at radius 1 is 1.06 bits per heavy atom. The van der Waals surface area contributed by atoms with E-state index in [0.717, 1.165) is 22.6 Å². The molecule has 33 heavy (non-hydrogen) atoms. The minimum absolute atomic E-state index is 0.131. The van der Waals surface area contributed by atoms with Crippen LogP contribution in [0.25, 0.3) is 11.5 Å². The van der Waals surface area contributed by atoms with Gasteiger partial charge in [-0.3, -0.25) is 9.69 Å². The van der Waals surface area contributed by atoms with Gasteiger partial charge in [-0.05, 0) is 43.7 Å². The van der Waals surface area contributed by atoms with E-state index in [0.29, 0.717) is 44.3 Å². The lowest BCUT2D eigenvalue weighted by atomic mass is 10.2. The molecule has 2 aromatic carbocycles. The van der Waals surface area contributed by atoms with Crippen LogP contribution in [0.1, 0.15) is 23.9 Å². The molecule has 174 valence electrons. The summed E-state index contributed by atoms with van der Waals surface area (Å²) in [5.41, 5.74) is 2.91. The molecule has 0 atom stereocenters. The second kappa shape index (κ2) is 9.46. The van der Waals surface area contributed by atoms with Crippen LogP contribution in [0.2, 0.25) is 0 Å². The molecule has 0 saturated carbocycles. The quantitative estimate of drug-likeness (QED) is 0.596. The lowest BCUT2D eigenvalue weighted by molar-refractivity contribution is -0.114. The number of carbonyl (C=O) groups excluding carboxylic acids is 1. The largest absolute Gasteiger partial charge is 0.441 e. The van der Waals surface area contributed by atoms with E-state index in [4.69, 9.17) is 4.42 Å². The summed E-state index contributed by atoms with van der Waals surface area (Å²) in [4.78, 5) is 18.5. The van der Waals surface area contributed by atoms with Crippen LogP contribution in [-0.2, 0) is 21.4 Å². The van der Waals surface area contributed by atoms with Crippen molar-refractivity contribution in [2.24, 2.45) is 0 Å². The first-order valence-electron chi connectivity index (χ1n) is 10.9. The van der Waals surface area contributed by atoms with Gasteiger partial charge in [0.2, 0.25) is 21.8 Å². The van der Waals surface area contributed by atoms with Gasteiger partial charge in [0.05, 0.1) is 11.4 Å². The fourth-order valence-corrected chi connectivity index (χ4v) is 5.55. The van der Waals surface area contributed by atoms with E-state index in [1.165, 1.54) is 11.2 Å². The number of nitrogens with one attached hydrogen (secondary N) is 1. The van der Waals surface area contributed by atoms with Crippen LogP contribution in [0.3, 0.4) is 0 Å². The maximum Gasteiger partial charge on any atom is 0.245 e. The van der Waals surface area contributed by atoms with E-state index in [2.05, 4.69) is 15.2 Å². The van der Waals surface area contributed by atoms with Crippen molar-refractivity contribution in [2.75, 3.05) is 31.5 Å². The average Bonchev–Trinajstić information content (AvgIpc) is 3.16. The number of hydrogen-bond acceptors (Lipinski definition) is 6. The number of nitrogens with zero attached hydrogens (tertiary/aromatic N) is 3. The molecule has 1 amide bonds. The Hall–Kier alpha value is -3.01. The summed E-state index contributed by atoms with van der Waals surface area (Å²) in [5, 5.41) is 2.64. The highest BCUT2D eigenvalue weighted by Crippen LogP contribution is 2.28. The van der Waals surface area contributed by atoms with Gasteiger partial charge in [-0.15, -0.1) is 0 Å². The highest BCUT2D eigenvalue weighted by Gasteiger charge is 2.31. The Labute approximate surface area is 194 Å². The zero-order chi connectivity index (χ0) is 23.6. The molecule has 4 rings (SSSR count). The Morgan fingerprint density at radius 2 is 1.76 bits per heavy atom. The van der Waals surface area contributed by atoms with Gasteiger partial charge in [0.15, 0.2) is 0 Å². The van der Waals surface area contributed by atoms with Crippen LogP contribution >= 0.6 is 0 Å². The predicted molar refractivity (Wildman–Crippen MR) is 126 cm³/mol. The maximum absolute atomic E-state index is 13.3. The third-order valence-corrected chi connectivity index (χ3v) is 7.62. The molecule has 2 heterocycles. The SMILES string of the molecule is CC(=O)Nc1ccc(C)cc1S(=O)(=O)N1CCN(Cc2nc(-c3ccccc3)oc2C)CC1. The Morgan fingerprint density at radius 3 is 2.42 bits per heavy atom. The Kier molecular flexibility index (Phi) is 6.64. The lowest BCUT2D eigenvalue weighted by Crippen LogP contribution is -2.48. The van der Waals surface area contributed by atoms with Gasteiger partial charge in [-0.1, -0.05) is 24.3 Å². The number of aromatic nitrogens is 1. The third kappa shape index (κ3) is 5.16. The highest BCUT2D eigenvalue weighted by molar-refractivity contribution is 7.89. The van der Waals surface area contributed by atoms with Crippen LogP contribution in [0, 0.1) is 13.8 Å². The normalized spacial score (nSPS) is 15.5. The van der Waals surface area contributed by atoms with Gasteiger partial charge in [-0.25, -0.2) is 13.4 Å². The molecule has 0 bridgehead atoms. The van der Waals surface area contributed by atoms with Gasteiger partial charge in [-0.2, -0.15) is 4.31 Å². The number of benzene rings is 2. The van der Waals surface area contributed by atoms with E-state index in [9.17, 15) is 13.2 Å². The topological polar surface area (TPSA) is 95.8 Å². The van der Waals surface area contributed by atoms with Crippen molar-refractivity contribution in [3.05, 3.63) is 65.5 Å². The number of carbonyl (C=O) groups is 1. The molecule has 8 nitrogen and oxygen atoms in total. The minimum atomic E-state index is -3.74. The number of sulfonamides is 1. The van der Waals surface area contributed by atoms with Crippen LogP contribution in [-0.4, -0.2) is 54.7 Å². The number of hydrogen-bond donors (Lipinski definition) is 1. The van der Waals surface area contributed by atoms with Gasteiger partial charge in [0.25, 0.3) is 0 Å². The lowest BCUT2D eigenvalue weighted by Gasteiger charge is -2.34. The van der Waals surface area contributed by atoms with Crippen LogP contribution in [0.5, 0.6) is 0 Å². The first-order valence-corrected chi connectivity index (χ1v) is 12.3. The molecule has 1 aliphatic rings. The molecular formula is C24H28N4O4S. The first kappa shape index (κ1) is 23.2. The van der Waals surface area contributed by atoms with E-state index in [1.54, 1.807) is 18.2 Å². The number of oxazole rings is 1. The number of piperazine rings is 1. The van der Waals surface area contributed by atoms with Crippen molar-refractivity contribution in [1.82, 2.24) is 14.2 Å². The summed E-state index contributed by atoms with van der Waals surface area (Å²) >= 11 is 0. The third-order valence-electron chi connectivity index (χ3n) is 5.68. The number of aryl methyl sites for hydroxylation is 2. The van der Waals surface area contributed by atoms with Crippen molar-refractivity contribution < 1.29 is 17.6 Å². The minimum Gasteiger partial charge on any atom is -0.441 e. The second-order valence-corrected chi connectivity index (χ2v) is 10.2. The standard InChI is InChI=1S/C24H28N4O4S/c1-17-9-10-21(25-19(3)29)23(15-17)33(30,31)28-13-11-27(12-14-28)16-22-18(2)32-24(26-22)20-7-5-4-6-8-20/h4-10,15H,11-14,16H2,1-3H3,(H,25,29). The molecule has 1 fully saturated rings. The van der Waals surface area contributed by atoms with Crippen molar-refractivity contribution in [1.29, 1.82) is 0 Å². The fourth-order valence-electron chi connectivity index (χ4n) is 3.89. The van der Waals surface area contributed by atoms with Gasteiger partial charge in [0.1, 0.15) is 10.7 Å². The van der Waals surface area contributed by atoms with Crippen molar-refractivity contribution in [2.45, 2.75) is 32.2 Å². The number of rotatable bonds is 6. The first-order chi connectivity index (χ1) is 15.7. The predicted octanol–water partition coefficient (Wildman–Crippen LogP) is 3.42. The summed E-state index contributed by atoms with van der Waals surface area (Å²) in [5.74, 6) is 1.05. The molecule has 0 aliphatic carbocycles. The summed E-state index contributed by atoms with van der Waals surface area (Å²) < 4.78 is 34.0. The van der Waals surface area contributed by atoms with Gasteiger partial charge in [0, 0.05) is 45.2 Å². The van der Waals surface area contributed by atoms with Crippen molar-refractivity contribution in [3.8, 4) is 11.5 Å². The zero-order valence-corrected chi connectivity index (χ0v) is 19.9.